The summed E-state index contributed by atoms with van der Waals surface area (Å²) in [5, 5.41) is 19.4. The number of piperidine rings is 2. The third-order valence-corrected chi connectivity index (χ3v) is 4.97. The van der Waals surface area contributed by atoms with Gasteiger partial charge in [0.1, 0.15) is 6.61 Å². The highest BCUT2D eigenvalue weighted by atomic mass is 16.6. The van der Waals surface area contributed by atoms with Gasteiger partial charge in [-0.15, -0.1) is 0 Å². The number of nitrogens with one attached hydrogen (secondary N) is 2. The van der Waals surface area contributed by atoms with E-state index in [1.807, 2.05) is 30.3 Å². The Kier molecular flexibility index (Phi) is 6.64. The fourth-order valence-electron chi connectivity index (χ4n) is 3.33. The van der Waals surface area contributed by atoms with E-state index in [0.717, 1.165) is 17.7 Å². The van der Waals surface area contributed by atoms with Crippen LogP contribution in [0.15, 0.2) is 35.5 Å². The zero-order valence-corrected chi connectivity index (χ0v) is 15.3. The van der Waals surface area contributed by atoms with E-state index in [1.165, 1.54) is 4.90 Å². The molecule has 8 heteroatoms. The van der Waals surface area contributed by atoms with Crippen molar-refractivity contribution in [3.05, 3.63) is 35.9 Å². The summed E-state index contributed by atoms with van der Waals surface area (Å²) in [4.78, 5) is 30.1. The summed E-state index contributed by atoms with van der Waals surface area (Å²) in [6, 6.07) is 9.66. The highest BCUT2D eigenvalue weighted by molar-refractivity contribution is 5.90. The number of amides is 2. The Morgan fingerprint density at radius 1 is 1.22 bits per heavy atom. The Morgan fingerprint density at radius 2 is 1.96 bits per heavy atom. The molecular weight excluding hydrogens is 348 g/mol. The summed E-state index contributed by atoms with van der Waals surface area (Å²) < 4.78 is 0. The molecule has 0 aliphatic carbocycles. The maximum atomic E-state index is 12.4. The van der Waals surface area contributed by atoms with Crippen LogP contribution in [0.1, 0.15) is 31.2 Å². The molecule has 146 valence electrons. The number of benzene rings is 1. The molecule has 0 spiro atoms. The minimum Gasteiger partial charge on any atom is -0.465 e. The van der Waals surface area contributed by atoms with Gasteiger partial charge >= 0.3 is 6.09 Å². The van der Waals surface area contributed by atoms with E-state index >= 15 is 0 Å². The lowest BCUT2D eigenvalue weighted by Gasteiger charge is -2.32. The molecule has 0 bridgehead atoms. The van der Waals surface area contributed by atoms with Crippen LogP contribution in [0.4, 0.5) is 4.79 Å². The number of nitrogens with zero attached hydrogens (tertiary/aromatic N) is 2. The van der Waals surface area contributed by atoms with Gasteiger partial charge in [0.25, 0.3) is 0 Å². The number of likely N-dealkylation sites (tertiary alicyclic amines) is 1. The van der Waals surface area contributed by atoms with E-state index in [9.17, 15) is 9.59 Å². The van der Waals surface area contributed by atoms with E-state index in [2.05, 4.69) is 15.8 Å². The van der Waals surface area contributed by atoms with Gasteiger partial charge in [-0.25, -0.2) is 4.79 Å². The number of hydrogen-bond donors (Lipinski definition) is 3. The second kappa shape index (κ2) is 9.36. The predicted molar refractivity (Wildman–Crippen MR) is 100 cm³/mol. The van der Waals surface area contributed by atoms with Gasteiger partial charge in [0.05, 0.1) is 11.8 Å². The number of hydrogen-bond acceptors (Lipinski definition) is 5. The van der Waals surface area contributed by atoms with Crippen molar-refractivity contribution in [2.24, 2.45) is 5.16 Å². The molecule has 1 aromatic carbocycles. The summed E-state index contributed by atoms with van der Waals surface area (Å²) in [5.41, 5.74) is 1.97. The van der Waals surface area contributed by atoms with E-state index in [1.54, 1.807) is 0 Å². The van der Waals surface area contributed by atoms with E-state index in [0.29, 0.717) is 45.5 Å². The molecular formula is C19H26N4O4. The van der Waals surface area contributed by atoms with E-state index < -0.39 is 6.09 Å². The van der Waals surface area contributed by atoms with E-state index in [4.69, 9.17) is 9.94 Å². The Balaban J connectivity index is 1.36. The van der Waals surface area contributed by atoms with Crippen molar-refractivity contribution in [2.45, 2.75) is 44.4 Å². The van der Waals surface area contributed by atoms with Gasteiger partial charge in [-0.2, -0.15) is 0 Å². The topological polar surface area (TPSA) is 103 Å². The summed E-state index contributed by atoms with van der Waals surface area (Å²) in [6.07, 6.45) is 1.82. The van der Waals surface area contributed by atoms with Crippen molar-refractivity contribution < 1.29 is 19.5 Å². The molecule has 2 aliphatic rings. The number of carbonyl (C=O) groups excluding carboxylic acids is 1. The lowest BCUT2D eigenvalue weighted by Crippen LogP contribution is -2.53. The Morgan fingerprint density at radius 3 is 2.59 bits per heavy atom. The van der Waals surface area contributed by atoms with Crippen LogP contribution in [0.25, 0.3) is 0 Å². The number of rotatable bonds is 5. The lowest BCUT2D eigenvalue weighted by molar-refractivity contribution is -0.124. The first kappa shape index (κ1) is 19.2. The summed E-state index contributed by atoms with van der Waals surface area (Å²) >= 11 is 0. The number of carboxylic acid groups (broad SMARTS) is 1. The van der Waals surface area contributed by atoms with Gasteiger partial charge in [0.15, 0.2) is 0 Å². The fourth-order valence-corrected chi connectivity index (χ4v) is 3.33. The van der Waals surface area contributed by atoms with Crippen LogP contribution in [0.3, 0.4) is 0 Å². The summed E-state index contributed by atoms with van der Waals surface area (Å²) in [6.45, 7) is 1.90. The lowest BCUT2D eigenvalue weighted by atomic mass is 10.0. The number of oxime groups is 1. The molecule has 0 saturated carbocycles. The Hall–Kier alpha value is -2.61. The second-order valence-electron chi connectivity index (χ2n) is 6.94. The first-order valence-corrected chi connectivity index (χ1v) is 9.35. The van der Waals surface area contributed by atoms with Crippen molar-refractivity contribution in [1.29, 1.82) is 0 Å². The first-order chi connectivity index (χ1) is 13.1. The minimum absolute atomic E-state index is 0.0203. The van der Waals surface area contributed by atoms with E-state index in [-0.39, 0.29) is 18.0 Å². The standard InChI is InChI=1S/C19H26N4O4/c24-18(21-15-8-10-23(11-9-15)19(25)26)17-7-6-16(12-20-17)22-27-13-14-4-2-1-3-5-14/h1-5,15,17,20H,6-13H2,(H,21,24)(H,25,26)/t17-/m0/s1. The van der Waals surface area contributed by atoms with Crippen LogP contribution in [0.2, 0.25) is 0 Å². The van der Waals surface area contributed by atoms with Gasteiger partial charge in [-0.3, -0.25) is 4.79 Å². The molecule has 2 aliphatic heterocycles. The number of carbonyl (C=O) groups is 2. The molecule has 2 amide bonds. The second-order valence-corrected chi connectivity index (χ2v) is 6.94. The van der Waals surface area contributed by atoms with Crippen LogP contribution in [0.5, 0.6) is 0 Å². The molecule has 8 nitrogen and oxygen atoms in total. The van der Waals surface area contributed by atoms with Crippen LogP contribution in [-0.2, 0) is 16.2 Å². The van der Waals surface area contributed by atoms with Crippen molar-refractivity contribution in [3.8, 4) is 0 Å². The van der Waals surface area contributed by atoms with Crippen molar-refractivity contribution in [1.82, 2.24) is 15.5 Å². The molecule has 0 unspecified atom stereocenters. The molecule has 0 radical (unpaired) electrons. The quantitative estimate of drug-likeness (QED) is 0.679. The largest absolute Gasteiger partial charge is 0.465 e. The van der Waals surface area contributed by atoms with Crippen LogP contribution < -0.4 is 10.6 Å². The zero-order chi connectivity index (χ0) is 19.1. The average Bonchev–Trinajstić information content (AvgIpc) is 2.70. The monoisotopic (exact) mass is 374 g/mol. The third kappa shape index (κ3) is 5.68. The molecule has 2 heterocycles. The first-order valence-electron chi connectivity index (χ1n) is 9.35. The minimum atomic E-state index is -0.893. The normalized spacial score (nSPS) is 22.4. The molecule has 0 aromatic heterocycles. The molecule has 1 atom stereocenters. The van der Waals surface area contributed by atoms with Crippen LogP contribution >= 0.6 is 0 Å². The van der Waals surface area contributed by atoms with Gasteiger partial charge in [0.2, 0.25) is 5.91 Å². The molecule has 3 N–H and O–H groups in total. The van der Waals surface area contributed by atoms with Crippen molar-refractivity contribution in [2.75, 3.05) is 19.6 Å². The Labute approximate surface area is 158 Å². The summed E-state index contributed by atoms with van der Waals surface area (Å²) in [5.74, 6) is -0.0203. The van der Waals surface area contributed by atoms with Gasteiger partial charge in [-0.1, -0.05) is 35.5 Å². The molecule has 1 aromatic rings. The van der Waals surface area contributed by atoms with Gasteiger partial charge in [-0.05, 0) is 31.2 Å². The molecule has 27 heavy (non-hydrogen) atoms. The smallest absolute Gasteiger partial charge is 0.407 e. The molecule has 2 fully saturated rings. The summed E-state index contributed by atoms with van der Waals surface area (Å²) in [7, 11) is 0. The van der Waals surface area contributed by atoms with Crippen LogP contribution in [-0.4, -0.2) is 59.4 Å². The highest BCUT2D eigenvalue weighted by Gasteiger charge is 2.28. The third-order valence-electron chi connectivity index (χ3n) is 4.97. The molecule has 2 saturated heterocycles. The van der Waals surface area contributed by atoms with Gasteiger partial charge in [0, 0.05) is 25.7 Å². The predicted octanol–water partition coefficient (Wildman–Crippen LogP) is 1.57. The highest BCUT2D eigenvalue weighted by Crippen LogP contribution is 2.12. The van der Waals surface area contributed by atoms with Crippen molar-refractivity contribution in [3.63, 3.8) is 0 Å². The SMILES string of the molecule is O=C(NC1CCN(C(=O)O)CC1)[C@@H]1CCC(=NOCc2ccccc2)CN1. The van der Waals surface area contributed by atoms with Gasteiger partial charge < -0.3 is 25.5 Å². The fraction of sp³-hybridized carbons (Fsp3) is 0.526. The van der Waals surface area contributed by atoms with Crippen LogP contribution in [0, 0.1) is 0 Å². The maximum Gasteiger partial charge on any atom is 0.407 e. The molecule has 3 rings (SSSR count). The average molecular weight is 374 g/mol. The van der Waals surface area contributed by atoms with Crippen molar-refractivity contribution >= 4 is 17.7 Å². The Bertz CT molecular complexity index is 662. The maximum absolute atomic E-state index is 12.4. The zero-order valence-electron chi connectivity index (χ0n) is 15.3.